The second kappa shape index (κ2) is 6.07. The number of benzene rings is 1. The molecule has 6 heteroatoms. The van der Waals surface area contributed by atoms with Crippen LogP contribution in [0.5, 0.6) is 0 Å². The summed E-state index contributed by atoms with van der Waals surface area (Å²) in [6.07, 6.45) is 5.27. The summed E-state index contributed by atoms with van der Waals surface area (Å²) in [5.74, 6) is 0.565. The number of halogens is 1. The third-order valence-corrected chi connectivity index (χ3v) is 3.69. The van der Waals surface area contributed by atoms with E-state index >= 15 is 0 Å². The van der Waals surface area contributed by atoms with Crippen LogP contribution in [0, 0.1) is 0 Å². The van der Waals surface area contributed by atoms with Crippen molar-refractivity contribution in [3.05, 3.63) is 77.1 Å². The van der Waals surface area contributed by atoms with Crippen LogP contribution in [0.3, 0.4) is 0 Å². The first-order chi connectivity index (χ1) is 10.6. The van der Waals surface area contributed by atoms with Gasteiger partial charge >= 0.3 is 0 Å². The largest absolute Gasteiger partial charge is 0.357 e. The lowest BCUT2D eigenvalue weighted by atomic mass is 10.1. The molecular weight excluding hydrogens is 300 g/mol. The topological polar surface area (TPSA) is 62.7 Å². The maximum Gasteiger partial charge on any atom is 0.268 e. The van der Waals surface area contributed by atoms with Crippen molar-refractivity contribution in [1.29, 1.82) is 0 Å². The van der Waals surface area contributed by atoms with Crippen molar-refractivity contribution in [2.24, 2.45) is 7.05 Å². The van der Waals surface area contributed by atoms with Crippen molar-refractivity contribution in [3.63, 3.8) is 0 Å². The van der Waals surface area contributed by atoms with Gasteiger partial charge in [0.2, 0.25) is 0 Å². The number of carbonyl (C=O) groups excluding carboxylic acids is 1. The van der Waals surface area contributed by atoms with Gasteiger partial charge in [0.1, 0.15) is 17.6 Å². The molecule has 3 aromatic rings. The first-order valence-electron chi connectivity index (χ1n) is 6.82. The summed E-state index contributed by atoms with van der Waals surface area (Å²) in [6.45, 7) is 0. The summed E-state index contributed by atoms with van der Waals surface area (Å²) in [7, 11) is 1.89. The third-order valence-electron chi connectivity index (χ3n) is 3.44. The normalized spacial score (nSPS) is 12.1. The van der Waals surface area contributed by atoms with Crippen LogP contribution in [0.25, 0.3) is 0 Å². The van der Waals surface area contributed by atoms with E-state index in [0.29, 0.717) is 10.7 Å². The van der Waals surface area contributed by atoms with E-state index in [1.165, 1.54) is 0 Å². The summed E-state index contributed by atoms with van der Waals surface area (Å²) in [5.41, 5.74) is 1.42. The third kappa shape index (κ3) is 2.89. The molecule has 0 aliphatic heterocycles. The number of hydrogen-bond donors (Lipinski definition) is 2. The molecule has 3 rings (SSSR count). The highest BCUT2D eigenvalue weighted by atomic mass is 35.5. The van der Waals surface area contributed by atoms with Gasteiger partial charge in [-0.3, -0.25) is 4.79 Å². The number of carbonyl (C=O) groups is 1. The van der Waals surface area contributed by atoms with Crippen LogP contribution < -0.4 is 5.32 Å². The molecule has 1 aromatic carbocycles. The number of aromatic nitrogens is 3. The highest BCUT2D eigenvalue weighted by Crippen LogP contribution is 2.22. The Bertz CT molecular complexity index is 762. The lowest BCUT2D eigenvalue weighted by Gasteiger charge is -2.19. The number of imidazole rings is 1. The average Bonchev–Trinajstić information content (AvgIpc) is 3.17. The molecule has 0 aliphatic rings. The van der Waals surface area contributed by atoms with Gasteiger partial charge in [0.15, 0.2) is 0 Å². The minimum Gasteiger partial charge on any atom is -0.357 e. The number of rotatable bonds is 4. The zero-order valence-corrected chi connectivity index (χ0v) is 12.7. The highest BCUT2D eigenvalue weighted by Gasteiger charge is 2.21. The molecule has 1 atom stereocenters. The van der Waals surface area contributed by atoms with E-state index < -0.39 is 0 Å². The van der Waals surface area contributed by atoms with Crippen LogP contribution in [0.1, 0.15) is 27.9 Å². The van der Waals surface area contributed by atoms with Gasteiger partial charge in [-0.25, -0.2) is 4.98 Å². The molecule has 0 saturated carbocycles. The van der Waals surface area contributed by atoms with Crippen molar-refractivity contribution in [1.82, 2.24) is 19.9 Å². The molecule has 2 heterocycles. The lowest BCUT2D eigenvalue weighted by Crippen LogP contribution is -2.31. The Kier molecular flexibility index (Phi) is 3.98. The maximum atomic E-state index is 12.4. The first kappa shape index (κ1) is 14.4. The van der Waals surface area contributed by atoms with E-state index in [9.17, 15) is 4.79 Å². The standard InChI is InChI=1S/C16H15ClN4O/c1-21-10-9-19-15(21)14(11-4-6-12(17)7-5-11)20-16(22)13-3-2-8-18-13/h2-10,14,18H,1H3,(H,20,22)/t14-/m1/s1. The van der Waals surface area contributed by atoms with Gasteiger partial charge in [0, 0.05) is 30.7 Å². The predicted molar refractivity (Wildman–Crippen MR) is 84.8 cm³/mol. The van der Waals surface area contributed by atoms with Gasteiger partial charge in [0.25, 0.3) is 5.91 Å². The first-order valence-corrected chi connectivity index (χ1v) is 7.20. The van der Waals surface area contributed by atoms with Gasteiger partial charge in [-0.1, -0.05) is 23.7 Å². The molecule has 0 unspecified atom stereocenters. The van der Waals surface area contributed by atoms with Crippen LogP contribution >= 0.6 is 11.6 Å². The monoisotopic (exact) mass is 314 g/mol. The fraction of sp³-hybridized carbons (Fsp3) is 0.125. The molecule has 0 fully saturated rings. The zero-order chi connectivity index (χ0) is 15.5. The lowest BCUT2D eigenvalue weighted by molar-refractivity contribution is 0.0936. The van der Waals surface area contributed by atoms with Crippen molar-refractivity contribution in [3.8, 4) is 0 Å². The van der Waals surface area contributed by atoms with Gasteiger partial charge in [-0.2, -0.15) is 0 Å². The van der Waals surface area contributed by atoms with Crippen LogP contribution in [0.2, 0.25) is 5.02 Å². The number of hydrogen-bond acceptors (Lipinski definition) is 2. The number of aromatic amines is 1. The summed E-state index contributed by atoms with van der Waals surface area (Å²) < 4.78 is 1.88. The smallest absolute Gasteiger partial charge is 0.268 e. The van der Waals surface area contributed by atoms with Crippen molar-refractivity contribution < 1.29 is 4.79 Å². The Morgan fingerprint density at radius 3 is 2.68 bits per heavy atom. The Morgan fingerprint density at radius 2 is 2.09 bits per heavy atom. The SMILES string of the molecule is Cn1ccnc1[C@H](NC(=O)c1ccc[nH]1)c1ccc(Cl)cc1. The van der Waals surface area contributed by atoms with Gasteiger partial charge in [-0.15, -0.1) is 0 Å². The maximum absolute atomic E-state index is 12.4. The number of amides is 1. The molecule has 0 bridgehead atoms. The van der Waals surface area contributed by atoms with Gasteiger partial charge in [-0.05, 0) is 29.8 Å². The molecule has 0 spiro atoms. The quantitative estimate of drug-likeness (QED) is 0.777. The molecule has 2 N–H and O–H groups in total. The number of H-pyrrole nitrogens is 1. The molecule has 1 amide bonds. The Hall–Kier alpha value is -2.53. The summed E-state index contributed by atoms with van der Waals surface area (Å²) >= 11 is 5.95. The van der Waals surface area contributed by atoms with Crippen LogP contribution in [-0.4, -0.2) is 20.4 Å². The fourth-order valence-corrected chi connectivity index (χ4v) is 2.41. The second-order valence-electron chi connectivity index (χ2n) is 4.94. The van der Waals surface area contributed by atoms with E-state index in [-0.39, 0.29) is 11.9 Å². The Morgan fingerprint density at radius 1 is 1.32 bits per heavy atom. The van der Waals surface area contributed by atoms with Crippen molar-refractivity contribution >= 4 is 17.5 Å². The van der Waals surface area contributed by atoms with Crippen LogP contribution in [0.4, 0.5) is 0 Å². The van der Waals surface area contributed by atoms with E-state index in [1.807, 2.05) is 29.9 Å². The number of nitrogens with zero attached hydrogens (tertiary/aromatic N) is 2. The summed E-state index contributed by atoms with van der Waals surface area (Å²) in [4.78, 5) is 19.6. The molecule has 0 saturated heterocycles. The van der Waals surface area contributed by atoms with Crippen LogP contribution in [0.15, 0.2) is 55.0 Å². The van der Waals surface area contributed by atoms with Gasteiger partial charge in [0.05, 0.1) is 0 Å². The number of nitrogens with one attached hydrogen (secondary N) is 2. The predicted octanol–water partition coefficient (Wildman–Crippen LogP) is 2.92. The summed E-state index contributed by atoms with van der Waals surface area (Å²) in [5, 5.41) is 3.65. The van der Waals surface area contributed by atoms with E-state index in [2.05, 4.69) is 15.3 Å². The molecule has 22 heavy (non-hydrogen) atoms. The van der Waals surface area contributed by atoms with Crippen LogP contribution in [-0.2, 0) is 7.05 Å². The Balaban J connectivity index is 1.95. The molecular formula is C16H15ClN4O. The molecule has 0 aliphatic carbocycles. The van der Waals surface area contributed by atoms with Crippen molar-refractivity contribution in [2.45, 2.75) is 6.04 Å². The molecule has 0 radical (unpaired) electrons. The van der Waals surface area contributed by atoms with Gasteiger partial charge < -0.3 is 14.9 Å². The highest BCUT2D eigenvalue weighted by molar-refractivity contribution is 6.30. The van der Waals surface area contributed by atoms with E-state index in [0.717, 1.165) is 11.4 Å². The summed E-state index contributed by atoms with van der Waals surface area (Å²) in [6, 6.07) is 10.5. The fourth-order valence-electron chi connectivity index (χ4n) is 2.29. The number of aryl methyl sites for hydroxylation is 1. The Labute approximate surface area is 133 Å². The second-order valence-corrected chi connectivity index (χ2v) is 5.37. The molecule has 5 nitrogen and oxygen atoms in total. The minimum absolute atomic E-state index is 0.187. The van der Waals surface area contributed by atoms with E-state index in [4.69, 9.17) is 11.6 Å². The molecule has 2 aromatic heterocycles. The average molecular weight is 315 g/mol. The van der Waals surface area contributed by atoms with Crippen molar-refractivity contribution in [2.75, 3.05) is 0 Å². The zero-order valence-electron chi connectivity index (χ0n) is 12.0. The molecule has 112 valence electrons. The minimum atomic E-state index is -0.354. The van der Waals surface area contributed by atoms with E-state index in [1.54, 1.807) is 36.7 Å².